The number of aromatic amines is 1. The number of aromatic nitrogens is 1. The molecule has 28 heavy (non-hydrogen) atoms. The minimum Gasteiger partial charge on any atom is -0.358 e. The Hall–Kier alpha value is -2.50. The predicted octanol–water partition coefficient (Wildman–Crippen LogP) is 2.91. The first-order valence-corrected chi connectivity index (χ1v) is 10.3. The van der Waals surface area contributed by atoms with Crippen LogP contribution < -0.4 is 10.6 Å². The molecule has 1 aliphatic carbocycles. The van der Waals surface area contributed by atoms with Crippen molar-refractivity contribution in [2.75, 3.05) is 27.2 Å². The van der Waals surface area contributed by atoms with Crippen LogP contribution in [0.25, 0.3) is 10.9 Å². The van der Waals surface area contributed by atoms with Gasteiger partial charge < -0.3 is 20.5 Å². The van der Waals surface area contributed by atoms with Crippen molar-refractivity contribution in [3.63, 3.8) is 0 Å². The van der Waals surface area contributed by atoms with E-state index < -0.39 is 0 Å². The molecule has 3 N–H and O–H groups in total. The molecule has 6 nitrogen and oxygen atoms in total. The van der Waals surface area contributed by atoms with Gasteiger partial charge in [0.1, 0.15) is 6.54 Å². The second-order valence-corrected chi connectivity index (χ2v) is 8.02. The Balaban J connectivity index is 1.60. The molecule has 1 aromatic carbocycles. The first kappa shape index (κ1) is 20.2. The van der Waals surface area contributed by atoms with E-state index in [4.69, 9.17) is 0 Å². The van der Waals surface area contributed by atoms with Gasteiger partial charge in [-0.2, -0.15) is 0 Å². The third-order valence-corrected chi connectivity index (χ3v) is 5.58. The standard InChI is InChI=1S/C22H33N5O/c1-16-8-4-6-10-19(16)26-22(24-15-21(28)27(2)3)23-13-12-18-14-17-9-5-7-11-20(17)25-18/h5,7,9,11,14,16,19,25H,4,6,8,10,12-13,15H2,1-3H3,(H2,23,24,26). The summed E-state index contributed by atoms with van der Waals surface area (Å²) < 4.78 is 0. The lowest BCUT2D eigenvalue weighted by Gasteiger charge is -2.31. The Morgan fingerprint density at radius 2 is 2.04 bits per heavy atom. The first-order chi connectivity index (χ1) is 13.5. The highest BCUT2D eigenvalue weighted by Gasteiger charge is 2.22. The largest absolute Gasteiger partial charge is 0.358 e. The average molecular weight is 384 g/mol. The number of hydrogen-bond donors (Lipinski definition) is 3. The van der Waals surface area contributed by atoms with Gasteiger partial charge in [0.15, 0.2) is 5.96 Å². The van der Waals surface area contributed by atoms with Gasteiger partial charge >= 0.3 is 0 Å². The zero-order valence-corrected chi connectivity index (χ0v) is 17.3. The maximum absolute atomic E-state index is 12.0. The van der Waals surface area contributed by atoms with E-state index in [1.165, 1.54) is 30.3 Å². The van der Waals surface area contributed by atoms with Crippen LogP contribution in [0.1, 0.15) is 38.3 Å². The van der Waals surface area contributed by atoms with Gasteiger partial charge in [0.05, 0.1) is 0 Å². The second-order valence-electron chi connectivity index (χ2n) is 8.02. The van der Waals surface area contributed by atoms with Crippen molar-refractivity contribution in [1.82, 2.24) is 20.5 Å². The third kappa shape index (κ3) is 5.50. The molecule has 1 fully saturated rings. The van der Waals surface area contributed by atoms with Crippen LogP contribution in [-0.4, -0.2) is 55.0 Å². The van der Waals surface area contributed by atoms with E-state index in [-0.39, 0.29) is 12.5 Å². The average Bonchev–Trinajstić information content (AvgIpc) is 3.10. The number of carbonyl (C=O) groups is 1. The molecule has 1 heterocycles. The molecule has 0 bridgehead atoms. The minimum absolute atomic E-state index is 0.00779. The molecule has 2 aromatic rings. The molecule has 6 heteroatoms. The topological polar surface area (TPSA) is 72.5 Å². The second kappa shape index (κ2) is 9.62. The van der Waals surface area contributed by atoms with E-state index in [0.29, 0.717) is 12.0 Å². The summed E-state index contributed by atoms with van der Waals surface area (Å²) in [7, 11) is 3.52. The van der Waals surface area contributed by atoms with E-state index in [9.17, 15) is 4.79 Å². The summed E-state index contributed by atoms with van der Waals surface area (Å²) in [4.78, 5) is 21.5. The molecule has 152 valence electrons. The van der Waals surface area contributed by atoms with Gasteiger partial charge in [-0.05, 0) is 36.3 Å². The number of guanidine groups is 1. The van der Waals surface area contributed by atoms with Crippen LogP contribution in [0.5, 0.6) is 0 Å². The van der Waals surface area contributed by atoms with E-state index in [1.807, 2.05) is 6.07 Å². The molecule has 2 unspecified atom stereocenters. The number of carbonyl (C=O) groups excluding carboxylic acids is 1. The molecular weight excluding hydrogens is 350 g/mol. The Bertz CT molecular complexity index is 777. The van der Waals surface area contributed by atoms with E-state index in [2.05, 4.69) is 51.8 Å². The summed E-state index contributed by atoms with van der Waals surface area (Å²) in [5.74, 6) is 1.37. The van der Waals surface area contributed by atoms with Gasteiger partial charge in [0, 0.05) is 44.3 Å². The quantitative estimate of drug-likeness (QED) is 0.530. The summed E-state index contributed by atoms with van der Waals surface area (Å²) in [6.45, 7) is 3.22. The molecule has 0 aliphatic heterocycles. The number of benzene rings is 1. The Morgan fingerprint density at radius 3 is 2.79 bits per heavy atom. The maximum Gasteiger partial charge on any atom is 0.243 e. The number of nitrogens with zero attached hydrogens (tertiary/aromatic N) is 2. The highest BCUT2D eigenvalue weighted by molar-refractivity contribution is 5.85. The molecule has 3 rings (SSSR count). The number of likely N-dealkylation sites (N-methyl/N-ethyl adjacent to an activating group) is 1. The van der Waals surface area contributed by atoms with Gasteiger partial charge in [0.25, 0.3) is 0 Å². The molecular formula is C22H33N5O. The summed E-state index contributed by atoms with van der Waals surface area (Å²) >= 11 is 0. The van der Waals surface area contributed by atoms with Crippen molar-refractivity contribution in [3.05, 3.63) is 36.0 Å². The summed E-state index contributed by atoms with van der Waals surface area (Å²) in [5, 5.41) is 8.23. The molecule has 0 saturated heterocycles. The fraction of sp³-hybridized carbons (Fsp3) is 0.545. The number of nitrogens with one attached hydrogen (secondary N) is 3. The third-order valence-electron chi connectivity index (χ3n) is 5.58. The SMILES string of the molecule is CC1CCCCC1NC(=NCC(=O)N(C)C)NCCc1cc2ccccc2[nH]1. The maximum atomic E-state index is 12.0. The van der Waals surface area contributed by atoms with Crippen molar-refractivity contribution >= 4 is 22.8 Å². The van der Waals surface area contributed by atoms with Crippen LogP contribution in [0.3, 0.4) is 0 Å². The van der Waals surface area contributed by atoms with Gasteiger partial charge in [-0.25, -0.2) is 4.99 Å². The van der Waals surface area contributed by atoms with Gasteiger partial charge in [0.2, 0.25) is 5.91 Å². The first-order valence-electron chi connectivity index (χ1n) is 10.3. The van der Waals surface area contributed by atoms with Crippen LogP contribution in [0.4, 0.5) is 0 Å². The van der Waals surface area contributed by atoms with Crippen molar-refractivity contribution in [2.24, 2.45) is 10.9 Å². The Morgan fingerprint density at radius 1 is 1.25 bits per heavy atom. The lowest BCUT2D eigenvalue weighted by molar-refractivity contribution is -0.127. The van der Waals surface area contributed by atoms with Crippen molar-refractivity contribution in [1.29, 1.82) is 0 Å². The van der Waals surface area contributed by atoms with E-state index >= 15 is 0 Å². The summed E-state index contributed by atoms with van der Waals surface area (Å²) in [5.41, 5.74) is 2.36. The fourth-order valence-corrected chi connectivity index (χ4v) is 3.73. The monoisotopic (exact) mass is 383 g/mol. The Kier molecular flexibility index (Phi) is 6.95. The zero-order valence-electron chi connectivity index (χ0n) is 17.3. The number of H-pyrrole nitrogens is 1. The van der Waals surface area contributed by atoms with Gasteiger partial charge in [-0.1, -0.05) is 38.0 Å². The number of amides is 1. The predicted molar refractivity (Wildman–Crippen MR) is 116 cm³/mol. The highest BCUT2D eigenvalue weighted by atomic mass is 16.2. The number of aliphatic imine (C=N–C) groups is 1. The lowest BCUT2D eigenvalue weighted by Crippen LogP contribution is -2.48. The van der Waals surface area contributed by atoms with Crippen molar-refractivity contribution in [2.45, 2.75) is 45.1 Å². The summed E-state index contributed by atoms with van der Waals surface area (Å²) in [6, 6.07) is 10.9. The number of rotatable bonds is 6. The summed E-state index contributed by atoms with van der Waals surface area (Å²) in [6.07, 6.45) is 5.83. The van der Waals surface area contributed by atoms with E-state index in [1.54, 1.807) is 19.0 Å². The van der Waals surface area contributed by atoms with Gasteiger partial charge in [-0.15, -0.1) is 0 Å². The molecule has 2 atom stereocenters. The smallest absolute Gasteiger partial charge is 0.243 e. The molecule has 1 amide bonds. The molecule has 0 spiro atoms. The van der Waals surface area contributed by atoms with E-state index in [0.717, 1.165) is 30.9 Å². The van der Waals surface area contributed by atoms with Crippen LogP contribution in [0.2, 0.25) is 0 Å². The molecule has 1 saturated carbocycles. The Labute approximate surface area is 167 Å². The van der Waals surface area contributed by atoms with Crippen LogP contribution in [0, 0.1) is 5.92 Å². The number of fused-ring (bicyclic) bond motifs is 1. The van der Waals surface area contributed by atoms with Crippen LogP contribution in [0.15, 0.2) is 35.3 Å². The van der Waals surface area contributed by atoms with Crippen molar-refractivity contribution in [3.8, 4) is 0 Å². The molecule has 1 aliphatic rings. The number of para-hydroxylation sites is 1. The van der Waals surface area contributed by atoms with Crippen LogP contribution in [-0.2, 0) is 11.2 Å². The highest BCUT2D eigenvalue weighted by Crippen LogP contribution is 2.23. The van der Waals surface area contributed by atoms with Crippen LogP contribution >= 0.6 is 0 Å². The molecule has 0 radical (unpaired) electrons. The normalized spacial score (nSPS) is 20.2. The van der Waals surface area contributed by atoms with Crippen molar-refractivity contribution < 1.29 is 4.79 Å². The zero-order chi connectivity index (χ0) is 19.9. The fourth-order valence-electron chi connectivity index (χ4n) is 3.73. The molecule has 1 aromatic heterocycles. The van der Waals surface area contributed by atoms with Gasteiger partial charge in [-0.3, -0.25) is 4.79 Å². The lowest BCUT2D eigenvalue weighted by atomic mass is 9.86. The minimum atomic E-state index is 0.00779. The number of hydrogen-bond acceptors (Lipinski definition) is 2.